The lowest BCUT2D eigenvalue weighted by atomic mass is 10.5. The summed E-state index contributed by atoms with van der Waals surface area (Å²) in [6.07, 6.45) is 3.27. The number of nitrogens with zero attached hydrogens (tertiary/aromatic N) is 2. The van der Waals surface area contributed by atoms with Crippen molar-refractivity contribution in [2.75, 3.05) is 6.61 Å². The van der Waals surface area contributed by atoms with Crippen LogP contribution in [0.1, 0.15) is 0 Å². The van der Waals surface area contributed by atoms with E-state index in [-0.39, 0.29) is 5.28 Å². The van der Waals surface area contributed by atoms with Crippen LogP contribution in [0.4, 0.5) is 0 Å². The molecule has 0 saturated heterocycles. The largest absolute Gasteiger partial charge is 0.471 e. The van der Waals surface area contributed by atoms with E-state index in [1.807, 2.05) is 0 Å². The van der Waals surface area contributed by atoms with Gasteiger partial charge in [-0.25, -0.2) is 4.98 Å². The maximum Gasteiger partial charge on any atom is 0.308 e. The smallest absolute Gasteiger partial charge is 0.308 e. The minimum atomic E-state index is 0.146. The van der Waals surface area contributed by atoms with Crippen molar-refractivity contribution in [1.29, 1.82) is 0 Å². The van der Waals surface area contributed by atoms with E-state index in [0.717, 1.165) is 0 Å². The first-order valence-electron chi connectivity index (χ1n) is 3.97. The SMILES string of the molecule is C=CCOc1nc(Cl)nc2[nH+]c[nH]c12. The van der Waals surface area contributed by atoms with Crippen molar-refractivity contribution in [2.45, 2.75) is 0 Å². The van der Waals surface area contributed by atoms with Crippen LogP contribution in [0.25, 0.3) is 11.2 Å². The second kappa shape index (κ2) is 3.63. The summed E-state index contributed by atoms with van der Waals surface area (Å²) in [6.45, 7) is 3.92. The lowest BCUT2D eigenvalue weighted by Crippen LogP contribution is -2.02. The van der Waals surface area contributed by atoms with Crippen LogP contribution in [0.2, 0.25) is 5.28 Å². The molecule has 2 aromatic rings. The summed E-state index contributed by atoms with van der Waals surface area (Å²) in [5.41, 5.74) is 1.31. The average molecular weight is 212 g/mol. The van der Waals surface area contributed by atoms with Crippen molar-refractivity contribution in [3.05, 3.63) is 24.3 Å². The van der Waals surface area contributed by atoms with Gasteiger partial charge >= 0.3 is 10.9 Å². The van der Waals surface area contributed by atoms with Crippen LogP contribution < -0.4 is 9.72 Å². The monoisotopic (exact) mass is 211 g/mol. The first-order valence-corrected chi connectivity index (χ1v) is 4.35. The molecule has 2 aromatic heterocycles. The molecule has 6 heteroatoms. The van der Waals surface area contributed by atoms with Gasteiger partial charge < -0.3 is 4.74 Å². The molecular formula is C8H8ClN4O+. The Labute approximate surface area is 84.8 Å². The third-order valence-electron chi connectivity index (χ3n) is 1.61. The van der Waals surface area contributed by atoms with Crippen LogP contribution in [-0.2, 0) is 0 Å². The lowest BCUT2D eigenvalue weighted by Gasteiger charge is -1.99. The van der Waals surface area contributed by atoms with Crippen LogP contribution in [-0.4, -0.2) is 21.6 Å². The van der Waals surface area contributed by atoms with Gasteiger partial charge in [0.05, 0.1) is 0 Å². The minimum absolute atomic E-state index is 0.146. The molecule has 2 heterocycles. The van der Waals surface area contributed by atoms with Crippen LogP contribution in [0.5, 0.6) is 5.88 Å². The molecule has 2 N–H and O–H groups in total. The number of H-pyrrole nitrogens is 2. The van der Waals surface area contributed by atoms with Gasteiger partial charge in [0.25, 0.3) is 5.88 Å². The zero-order valence-corrected chi connectivity index (χ0v) is 8.01. The molecule has 0 saturated carbocycles. The van der Waals surface area contributed by atoms with E-state index >= 15 is 0 Å². The highest BCUT2D eigenvalue weighted by Gasteiger charge is 2.15. The molecule has 0 amide bonds. The zero-order chi connectivity index (χ0) is 9.97. The van der Waals surface area contributed by atoms with Crippen molar-refractivity contribution in [3.8, 4) is 5.88 Å². The van der Waals surface area contributed by atoms with Crippen LogP contribution in [0.15, 0.2) is 19.0 Å². The van der Waals surface area contributed by atoms with Crippen LogP contribution >= 0.6 is 11.6 Å². The van der Waals surface area contributed by atoms with Gasteiger partial charge in [0.2, 0.25) is 5.52 Å². The predicted molar refractivity (Wildman–Crippen MR) is 51.1 cm³/mol. The third kappa shape index (κ3) is 1.54. The number of ether oxygens (including phenoxy) is 1. The second-order valence-corrected chi connectivity index (χ2v) is 2.89. The van der Waals surface area contributed by atoms with E-state index < -0.39 is 0 Å². The maximum absolute atomic E-state index is 5.70. The maximum atomic E-state index is 5.70. The molecule has 5 nitrogen and oxygen atoms in total. The Kier molecular flexibility index (Phi) is 2.32. The van der Waals surface area contributed by atoms with Crippen molar-refractivity contribution in [3.63, 3.8) is 0 Å². The second-order valence-electron chi connectivity index (χ2n) is 2.55. The zero-order valence-electron chi connectivity index (χ0n) is 7.25. The number of halogens is 1. The molecule has 0 radical (unpaired) electrons. The fourth-order valence-electron chi connectivity index (χ4n) is 1.07. The molecule has 0 bridgehead atoms. The number of hydrogen-bond acceptors (Lipinski definition) is 3. The third-order valence-corrected chi connectivity index (χ3v) is 1.78. The molecule has 0 unspecified atom stereocenters. The van der Waals surface area contributed by atoms with Gasteiger partial charge in [0.1, 0.15) is 6.61 Å². The number of rotatable bonds is 3. The summed E-state index contributed by atoms with van der Waals surface area (Å²) in [6, 6.07) is 0. The fourth-order valence-corrected chi connectivity index (χ4v) is 1.23. The summed E-state index contributed by atoms with van der Waals surface area (Å²) in [7, 11) is 0. The van der Waals surface area contributed by atoms with Crippen molar-refractivity contribution in [1.82, 2.24) is 15.0 Å². The van der Waals surface area contributed by atoms with Crippen molar-refractivity contribution < 1.29 is 9.72 Å². The van der Waals surface area contributed by atoms with E-state index in [9.17, 15) is 0 Å². The topological polar surface area (TPSA) is 64.9 Å². The minimum Gasteiger partial charge on any atom is -0.471 e. The molecule has 72 valence electrons. The number of fused-ring (bicyclic) bond motifs is 1. The fraction of sp³-hybridized carbons (Fsp3) is 0.125. The van der Waals surface area contributed by atoms with E-state index in [1.54, 1.807) is 12.4 Å². The van der Waals surface area contributed by atoms with E-state index in [1.165, 1.54) is 0 Å². The van der Waals surface area contributed by atoms with Crippen molar-refractivity contribution >= 4 is 22.8 Å². The standard InChI is InChI=1S/C8H7ClN4O/c1-2-3-14-7-5-6(11-4-10-5)12-8(9)13-7/h2,4H,1,3H2,(H,10,11,12,13)/p+1. The molecule has 0 atom stereocenters. The Morgan fingerprint density at radius 3 is 3.29 bits per heavy atom. The molecule has 2 rings (SSSR count). The normalized spacial score (nSPS) is 10.4. The molecule has 0 spiro atoms. The summed E-state index contributed by atoms with van der Waals surface area (Å²) >= 11 is 5.70. The number of aromatic nitrogens is 4. The van der Waals surface area contributed by atoms with Gasteiger partial charge in [0.15, 0.2) is 6.33 Å². The number of nitrogens with one attached hydrogen (secondary N) is 2. The Hall–Kier alpha value is -1.62. The summed E-state index contributed by atoms with van der Waals surface area (Å²) in [5.74, 6) is 0.418. The quantitative estimate of drug-likeness (QED) is 0.608. The van der Waals surface area contributed by atoms with Gasteiger partial charge in [-0.15, -0.1) is 0 Å². The highest BCUT2D eigenvalue weighted by atomic mass is 35.5. The summed E-state index contributed by atoms with van der Waals surface area (Å²) < 4.78 is 5.30. The predicted octanol–water partition coefficient (Wildman–Crippen LogP) is 0.990. The Morgan fingerprint density at radius 2 is 2.50 bits per heavy atom. The molecular weight excluding hydrogens is 204 g/mol. The average Bonchev–Trinajstić information content (AvgIpc) is 2.61. The van der Waals surface area contributed by atoms with E-state index in [2.05, 4.69) is 26.5 Å². The lowest BCUT2D eigenvalue weighted by molar-refractivity contribution is -0.347. The number of aromatic amines is 2. The van der Waals surface area contributed by atoms with Crippen molar-refractivity contribution in [2.24, 2.45) is 0 Å². The van der Waals surface area contributed by atoms with Crippen LogP contribution in [0.3, 0.4) is 0 Å². The highest BCUT2D eigenvalue weighted by Crippen LogP contribution is 2.18. The van der Waals surface area contributed by atoms with Gasteiger partial charge in [-0.05, 0) is 11.6 Å². The van der Waals surface area contributed by atoms with Gasteiger partial charge in [0, 0.05) is 0 Å². The molecule has 0 fully saturated rings. The Bertz CT molecular complexity index is 467. The number of hydrogen-bond donors (Lipinski definition) is 1. The van der Waals surface area contributed by atoms with Crippen LogP contribution in [0, 0.1) is 0 Å². The molecule has 14 heavy (non-hydrogen) atoms. The number of imidazole rings is 1. The highest BCUT2D eigenvalue weighted by molar-refractivity contribution is 6.28. The van der Waals surface area contributed by atoms with E-state index in [0.29, 0.717) is 23.7 Å². The van der Waals surface area contributed by atoms with Gasteiger partial charge in [-0.2, -0.15) is 4.98 Å². The Balaban J connectivity index is 2.49. The molecule has 0 aliphatic carbocycles. The molecule has 0 aliphatic rings. The first-order chi connectivity index (χ1) is 6.81. The van der Waals surface area contributed by atoms with Gasteiger partial charge in [-0.3, -0.25) is 4.98 Å². The van der Waals surface area contributed by atoms with E-state index in [4.69, 9.17) is 16.3 Å². The summed E-state index contributed by atoms with van der Waals surface area (Å²) in [5, 5.41) is 0.146. The Morgan fingerprint density at radius 1 is 1.64 bits per heavy atom. The van der Waals surface area contributed by atoms with Gasteiger partial charge in [-0.1, -0.05) is 17.6 Å². The molecule has 0 aliphatic heterocycles. The summed E-state index contributed by atoms with van der Waals surface area (Å²) in [4.78, 5) is 13.7. The molecule has 0 aromatic carbocycles. The first kappa shape index (κ1) is 8.96.